The van der Waals surface area contributed by atoms with Gasteiger partial charge in [-0.2, -0.15) is 0 Å². The minimum absolute atomic E-state index is 0.0857. The summed E-state index contributed by atoms with van der Waals surface area (Å²) in [6.07, 6.45) is 6.56. The number of amides is 1. The second kappa shape index (κ2) is 7.12. The maximum atomic E-state index is 13.0. The third-order valence-corrected chi connectivity index (χ3v) is 5.96. The van der Waals surface area contributed by atoms with Crippen LogP contribution in [0.4, 0.5) is 0 Å². The first-order valence-electron chi connectivity index (χ1n) is 9.59. The maximum absolute atomic E-state index is 13.0. The largest absolute Gasteiger partial charge is 0.337 e. The van der Waals surface area contributed by atoms with Gasteiger partial charge < -0.3 is 9.80 Å². The molecule has 0 aliphatic carbocycles. The number of pyridine rings is 1. The zero-order valence-corrected chi connectivity index (χ0v) is 15.0. The summed E-state index contributed by atoms with van der Waals surface area (Å²) in [6.45, 7) is 6.51. The van der Waals surface area contributed by atoms with E-state index in [1.165, 1.54) is 25.9 Å². The molecular weight excluding hydrogens is 310 g/mol. The summed E-state index contributed by atoms with van der Waals surface area (Å²) in [5, 5.41) is 2.04. The van der Waals surface area contributed by atoms with Gasteiger partial charge in [-0.25, -0.2) is 0 Å². The molecule has 2 aromatic rings. The summed E-state index contributed by atoms with van der Waals surface area (Å²) in [4.78, 5) is 22.0. The lowest BCUT2D eigenvalue weighted by molar-refractivity contribution is 0.0557. The number of likely N-dealkylation sites (tertiary alicyclic amines) is 2. The van der Waals surface area contributed by atoms with Crippen molar-refractivity contribution >= 4 is 16.7 Å². The lowest BCUT2D eigenvalue weighted by atomic mass is 9.95. The minimum Gasteiger partial charge on any atom is -0.337 e. The topological polar surface area (TPSA) is 36.4 Å². The van der Waals surface area contributed by atoms with Crippen molar-refractivity contribution in [3.63, 3.8) is 0 Å². The van der Waals surface area contributed by atoms with Crippen LogP contribution in [0.25, 0.3) is 10.8 Å². The molecule has 4 nitrogen and oxygen atoms in total. The van der Waals surface area contributed by atoms with Crippen LogP contribution < -0.4 is 0 Å². The predicted molar refractivity (Wildman–Crippen MR) is 101 cm³/mol. The molecule has 2 aliphatic heterocycles. The van der Waals surface area contributed by atoms with Crippen molar-refractivity contribution in [2.24, 2.45) is 5.92 Å². The van der Waals surface area contributed by atoms with E-state index in [2.05, 4.69) is 16.8 Å². The molecule has 0 bridgehead atoms. The minimum atomic E-state index is 0.0857. The lowest BCUT2D eigenvalue weighted by Gasteiger charge is -2.41. The summed E-state index contributed by atoms with van der Waals surface area (Å²) < 4.78 is 0. The van der Waals surface area contributed by atoms with E-state index in [0.29, 0.717) is 11.7 Å². The van der Waals surface area contributed by atoms with Crippen molar-refractivity contribution < 1.29 is 4.79 Å². The first kappa shape index (κ1) is 16.5. The first-order chi connectivity index (χ1) is 12.2. The van der Waals surface area contributed by atoms with E-state index in [1.807, 2.05) is 35.2 Å². The van der Waals surface area contributed by atoms with Crippen LogP contribution in [0.1, 0.15) is 43.1 Å². The second-order valence-corrected chi connectivity index (χ2v) is 7.62. The fraction of sp³-hybridized carbons (Fsp3) is 0.524. The van der Waals surface area contributed by atoms with Gasteiger partial charge in [0.15, 0.2) is 0 Å². The number of fused-ring (bicyclic) bond motifs is 1. The molecule has 0 atom stereocenters. The highest BCUT2D eigenvalue weighted by molar-refractivity contribution is 6.05. The van der Waals surface area contributed by atoms with E-state index in [-0.39, 0.29) is 5.91 Å². The van der Waals surface area contributed by atoms with Gasteiger partial charge in [-0.3, -0.25) is 9.78 Å². The zero-order valence-electron chi connectivity index (χ0n) is 15.0. The Labute approximate surface area is 149 Å². The molecule has 2 fully saturated rings. The Morgan fingerprint density at radius 3 is 2.48 bits per heavy atom. The van der Waals surface area contributed by atoms with Crippen LogP contribution in [0.15, 0.2) is 36.5 Å². The number of carbonyl (C=O) groups is 1. The molecule has 0 spiro atoms. The first-order valence-corrected chi connectivity index (χ1v) is 9.59. The maximum Gasteiger partial charge on any atom is 0.273 e. The van der Waals surface area contributed by atoms with Gasteiger partial charge in [0.25, 0.3) is 5.91 Å². The van der Waals surface area contributed by atoms with Crippen LogP contribution in [0, 0.1) is 5.92 Å². The van der Waals surface area contributed by atoms with Crippen LogP contribution in [0.5, 0.6) is 0 Å². The van der Waals surface area contributed by atoms with E-state index in [1.54, 1.807) is 6.20 Å². The highest BCUT2D eigenvalue weighted by atomic mass is 16.2. The molecule has 1 aromatic carbocycles. The predicted octanol–water partition coefficient (Wildman–Crippen LogP) is 3.57. The summed E-state index contributed by atoms with van der Waals surface area (Å²) in [5.41, 5.74) is 0.600. The average Bonchev–Trinajstić information content (AvgIpc) is 2.68. The van der Waals surface area contributed by atoms with Crippen LogP contribution >= 0.6 is 0 Å². The third kappa shape index (κ3) is 3.40. The molecule has 1 amide bonds. The lowest BCUT2D eigenvalue weighted by Crippen LogP contribution is -2.49. The monoisotopic (exact) mass is 337 g/mol. The number of rotatable bonds is 2. The zero-order chi connectivity index (χ0) is 17.2. The van der Waals surface area contributed by atoms with Crippen molar-refractivity contribution in [2.75, 3.05) is 26.2 Å². The Morgan fingerprint density at radius 1 is 1.00 bits per heavy atom. The van der Waals surface area contributed by atoms with Gasteiger partial charge in [-0.05, 0) is 56.1 Å². The van der Waals surface area contributed by atoms with Gasteiger partial charge in [0.1, 0.15) is 5.69 Å². The molecule has 132 valence electrons. The van der Waals surface area contributed by atoms with Crippen molar-refractivity contribution in [1.82, 2.24) is 14.8 Å². The van der Waals surface area contributed by atoms with E-state index in [4.69, 9.17) is 0 Å². The Hall–Kier alpha value is -1.94. The highest BCUT2D eigenvalue weighted by Crippen LogP contribution is 2.25. The average molecular weight is 337 g/mol. The molecule has 4 rings (SSSR count). The van der Waals surface area contributed by atoms with E-state index in [0.717, 1.165) is 42.6 Å². The number of piperidine rings is 2. The van der Waals surface area contributed by atoms with Crippen molar-refractivity contribution in [2.45, 2.75) is 38.6 Å². The van der Waals surface area contributed by atoms with Gasteiger partial charge in [-0.1, -0.05) is 31.2 Å². The quantitative estimate of drug-likeness (QED) is 0.840. The van der Waals surface area contributed by atoms with Crippen LogP contribution in [0.2, 0.25) is 0 Å². The number of aromatic nitrogens is 1. The summed E-state index contributed by atoms with van der Waals surface area (Å²) in [5.74, 6) is 0.956. The number of hydrogen-bond donors (Lipinski definition) is 0. The fourth-order valence-electron chi connectivity index (χ4n) is 4.27. The number of hydrogen-bond acceptors (Lipinski definition) is 3. The number of nitrogens with zero attached hydrogens (tertiary/aromatic N) is 3. The smallest absolute Gasteiger partial charge is 0.273 e. The third-order valence-electron chi connectivity index (χ3n) is 5.96. The molecular formula is C21H27N3O. The van der Waals surface area contributed by atoms with E-state index < -0.39 is 0 Å². The molecule has 4 heteroatoms. The Morgan fingerprint density at radius 2 is 1.72 bits per heavy atom. The molecule has 0 radical (unpaired) electrons. The normalized spacial score (nSPS) is 20.9. The molecule has 1 aromatic heterocycles. The van der Waals surface area contributed by atoms with Crippen LogP contribution in [0.3, 0.4) is 0 Å². The molecule has 0 unspecified atom stereocenters. The van der Waals surface area contributed by atoms with Gasteiger partial charge in [0, 0.05) is 30.7 Å². The molecule has 2 aliphatic rings. The standard InChI is InChI=1S/C21H27N3O/c1-16-7-12-23(13-8-16)18-9-14-24(15-10-18)21(25)20-19-5-3-2-4-17(19)6-11-22-20/h2-6,11,16,18H,7-10,12-15H2,1H3. The molecule has 3 heterocycles. The Bertz CT molecular complexity index is 738. The van der Waals surface area contributed by atoms with Crippen LogP contribution in [-0.2, 0) is 0 Å². The number of benzene rings is 1. The fourth-order valence-corrected chi connectivity index (χ4v) is 4.27. The Balaban J connectivity index is 1.43. The van der Waals surface area contributed by atoms with Gasteiger partial charge in [-0.15, -0.1) is 0 Å². The molecule has 2 saturated heterocycles. The molecule has 0 saturated carbocycles. The SMILES string of the molecule is CC1CCN(C2CCN(C(=O)c3nccc4ccccc34)CC2)CC1. The van der Waals surface area contributed by atoms with Crippen LogP contribution in [-0.4, -0.2) is 52.9 Å². The summed E-state index contributed by atoms with van der Waals surface area (Å²) in [6, 6.07) is 10.6. The van der Waals surface area contributed by atoms with Gasteiger partial charge in [0.2, 0.25) is 0 Å². The highest BCUT2D eigenvalue weighted by Gasteiger charge is 2.29. The summed E-state index contributed by atoms with van der Waals surface area (Å²) in [7, 11) is 0. The van der Waals surface area contributed by atoms with E-state index >= 15 is 0 Å². The molecule has 25 heavy (non-hydrogen) atoms. The molecule has 0 N–H and O–H groups in total. The van der Waals surface area contributed by atoms with Gasteiger partial charge in [0.05, 0.1) is 0 Å². The summed E-state index contributed by atoms with van der Waals surface area (Å²) >= 11 is 0. The number of carbonyl (C=O) groups excluding carboxylic acids is 1. The van der Waals surface area contributed by atoms with Crippen molar-refractivity contribution in [3.05, 3.63) is 42.2 Å². The van der Waals surface area contributed by atoms with E-state index in [9.17, 15) is 4.79 Å². The van der Waals surface area contributed by atoms with Gasteiger partial charge >= 0.3 is 0 Å². The van der Waals surface area contributed by atoms with Crippen molar-refractivity contribution in [1.29, 1.82) is 0 Å². The second-order valence-electron chi connectivity index (χ2n) is 7.62. The van der Waals surface area contributed by atoms with Crippen molar-refractivity contribution in [3.8, 4) is 0 Å². The Kier molecular flexibility index (Phi) is 4.71.